The van der Waals surface area contributed by atoms with E-state index in [1.807, 2.05) is 68.4 Å². The van der Waals surface area contributed by atoms with Gasteiger partial charge in [-0.3, -0.25) is 0 Å². The van der Waals surface area contributed by atoms with Crippen molar-refractivity contribution in [2.24, 2.45) is 0 Å². The Balaban J connectivity index is 1.98. The molecule has 3 aromatic rings. The lowest BCUT2D eigenvalue weighted by Crippen LogP contribution is -2.38. The van der Waals surface area contributed by atoms with Crippen LogP contribution < -0.4 is 4.74 Å². The summed E-state index contributed by atoms with van der Waals surface area (Å²) in [7, 11) is 0. The first-order chi connectivity index (χ1) is 13.6. The van der Waals surface area contributed by atoms with E-state index in [-0.39, 0.29) is 6.61 Å². The highest BCUT2D eigenvalue weighted by Gasteiger charge is 2.37. The van der Waals surface area contributed by atoms with Crippen LogP contribution in [-0.2, 0) is 6.61 Å². The molecule has 0 spiro atoms. The van der Waals surface area contributed by atoms with Gasteiger partial charge in [-0.05, 0) is 53.8 Å². The van der Waals surface area contributed by atoms with Crippen molar-refractivity contribution in [3.05, 3.63) is 90.0 Å². The summed E-state index contributed by atoms with van der Waals surface area (Å²) in [5.41, 5.74) is 2.65. The highest BCUT2D eigenvalue weighted by Crippen LogP contribution is 2.37. The number of hydrogen-bond donors (Lipinski definition) is 2. The molecule has 145 valence electrons. The van der Waals surface area contributed by atoms with Gasteiger partial charge in [-0.15, -0.1) is 0 Å². The second kappa shape index (κ2) is 9.05. The Bertz CT molecular complexity index is 885. The standard InChI is InChI=1S/C25H27O3/c1-3-25(27,4-2)24(22-14-8-10-19(16-22)18-26)28-23-15-9-13-21(17-23)20-11-6-5-7-12-20/h5-13,15-17,24,26-27H,3-4,18H2,1-2H3. The van der Waals surface area contributed by atoms with Gasteiger partial charge in [-0.2, -0.15) is 0 Å². The number of hydrogen-bond acceptors (Lipinski definition) is 3. The first kappa shape index (κ1) is 20.1. The van der Waals surface area contributed by atoms with Crippen LogP contribution in [-0.4, -0.2) is 15.8 Å². The summed E-state index contributed by atoms with van der Waals surface area (Å²) in [6.07, 6.45) is 0.507. The molecule has 28 heavy (non-hydrogen) atoms. The zero-order chi connectivity index (χ0) is 20.0. The molecule has 0 aliphatic carbocycles. The molecule has 0 aromatic heterocycles. The van der Waals surface area contributed by atoms with Crippen molar-refractivity contribution in [1.29, 1.82) is 0 Å². The Labute approximate surface area is 167 Å². The van der Waals surface area contributed by atoms with Crippen molar-refractivity contribution in [2.75, 3.05) is 0 Å². The van der Waals surface area contributed by atoms with Gasteiger partial charge in [-0.1, -0.05) is 68.4 Å². The summed E-state index contributed by atoms with van der Waals surface area (Å²) >= 11 is 0. The van der Waals surface area contributed by atoms with Crippen LogP contribution in [0.15, 0.2) is 72.8 Å². The maximum atomic E-state index is 11.2. The van der Waals surface area contributed by atoms with Crippen LogP contribution in [0.25, 0.3) is 11.1 Å². The van der Waals surface area contributed by atoms with Crippen molar-refractivity contribution in [2.45, 2.75) is 45.0 Å². The van der Waals surface area contributed by atoms with E-state index in [0.29, 0.717) is 18.6 Å². The molecule has 0 amide bonds. The van der Waals surface area contributed by atoms with Crippen LogP contribution in [0.1, 0.15) is 43.9 Å². The lowest BCUT2D eigenvalue weighted by molar-refractivity contribution is -0.0695. The van der Waals surface area contributed by atoms with Crippen LogP contribution in [0, 0.1) is 6.07 Å². The van der Waals surface area contributed by atoms with Gasteiger partial charge >= 0.3 is 0 Å². The monoisotopic (exact) mass is 375 g/mol. The van der Waals surface area contributed by atoms with Crippen LogP contribution in [0.5, 0.6) is 5.75 Å². The Hall–Kier alpha value is -2.62. The van der Waals surface area contributed by atoms with Crippen LogP contribution >= 0.6 is 0 Å². The third-order valence-corrected chi connectivity index (χ3v) is 5.26. The van der Waals surface area contributed by atoms with Gasteiger partial charge in [0.2, 0.25) is 0 Å². The normalized spacial score (nSPS) is 12.6. The lowest BCUT2D eigenvalue weighted by atomic mass is 9.85. The van der Waals surface area contributed by atoms with E-state index < -0.39 is 11.7 Å². The Morgan fingerprint density at radius 3 is 2.32 bits per heavy atom. The van der Waals surface area contributed by atoms with E-state index in [0.717, 1.165) is 22.3 Å². The van der Waals surface area contributed by atoms with Gasteiger partial charge in [0.15, 0.2) is 6.10 Å². The van der Waals surface area contributed by atoms with Gasteiger partial charge in [0.1, 0.15) is 11.4 Å². The molecule has 0 saturated carbocycles. The van der Waals surface area contributed by atoms with E-state index >= 15 is 0 Å². The summed E-state index contributed by atoms with van der Waals surface area (Å²) in [4.78, 5) is 0. The first-order valence-corrected chi connectivity index (χ1v) is 9.75. The molecule has 1 unspecified atom stereocenters. The average molecular weight is 375 g/mol. The molecule has 3 heteroatoms. The fraction of sp³-hybridized carbons (Fsp3) is 0.280. The van der Waals surface area contributed by atoms with Gasteiger partial charge in [0.05, 0.1) is 6.61 Å². The number of rotatable bonds is 8. The van der Waals surface area contributed by atoms with Gasteiger partial charge < -0.3 is 14.9 Å². The molecule has 3 nitrogen and oxygen atoms in total. The van der Waals surface area contributed by atoms with Crippen molar-refractivity contribution >= 4 is 0 Å². The smallest absolute Gasteiger partial charge is 0.153 e. The molecule has 0 heterocycles. The quantitative estimate of drug-likeness (QED) is 0.560. The van der Waals surface area contributed by atoms with Crippen LogP contribution in [0.2, 0.25) is 0 Å². The fourth-order valence-electron chi connectivity index (χ4n) is 3.38. The maximum absolute atomic E-state index is 11.2. The minimum Gasteiger partial charge on any atom is -0.483 e. The SMILES string of the molecule is CCC(O)(CC)C(Oc1cccc(-c2ccccc2)c1)c1[c]ccc(CO)c1. The zero-order valence-electron chi connectivity index (χ0n) is 16.4. The molecule has 0 bridgehead atoms. The molecule has 2 N–H and O–H groups in total. The lowest BCUT2D eigenvalue weighted by Gasteiger charge is -2.35. The van der Waals surface area contributed by atoms with Crippen molar-refractivity contribution < 1.29 is 14.9 Å². The van der Waals surface area contributed by atoms with Crippen molar-refractivity contribution in [3.63, 3.8) is 0 Å². The largest absolute Gasteiger partial charge is 0.483 e. The number of aliphatic hydroxyl groups excluding tert-OH is 1. The fourth-order valence-corrected chi connectivity index (χ4v) is 3.38. The van der Waals surface area contributed by atoms with Crippen molar-refractivity contribution in [3.8, 4) is 16.9 Å². The third-order valence-electron chi connectivity index (χ3n) is 5.26. The summed E-state index contributed by atoms with van der Waals surface area (Å²) in [5, 5.41) is 20.7. The molecule has 3 aromatic carbocycles. The molecule has 0 aliphatic rings. The third kappa shape index (κ3) is 4.44. The van der Waals surface area contributed by atoms with E-state index in [4.69, 9.17) is 4.74 Å². The number of ether oxygens (including phenoxy) is 1. The molecule has 1 radical (unpaired) electrons. The van der Waals surface area contributed by atoms with Gasteiger partial charge in [-0.25, -0.2) is 0 Å². The second-order valence-electron chi connectivity index (χ2n) is 7.01. The number of benzene rings is 3. The molecule has 1 atom stereocenters. The van der Waals surface area contributed by atoms with Crippen LogP contribution in [0.4, 0.5) is 0 Å². The van der Waals surface area contributed by atoms with Crippen LogP contribution in [0.3, 0.4) is 0 Å². The minimum atomic E-state index is -1.03. The molecule has 0 saturated heterocycles. The average Bonchev–Trinajstić information content (AvgIpc) is 2.77. The zero-order valence-corrected chi connectivity index (χ0v) is 16.4. The highest BCUT2D eigenvalue weighted by atomic mass is 16.5. The van der Waals surface area contributed by atoms with Gasteiger partial charge in [0, 0.05) is 5.56 Å². The maximum Gasteiger partial charge on any atom is 0.153 e. The van der Waals surface area contributed by atoms with E-state index in [9.17, 15) is 10.2 Å². The second-order valence-corrected chi connectivity index (χ2v) is 7.01. The minimum absolute atomic E-state index is 0.0609. The molecule has 0 aliphatic heterocycles. The number of aliphatic hydroxyl groups is 2. The Kier molecular flexibility index (Phi) is 6.50. The predicted octanol–water partition coefficient (Wildman–Crippen LogP) is 5.32. The summed E-state index contributed by atoms with van der Waals surface area (Å²) in [6, 6.07) is 26.6. The van der Waals surface area contributed by atoms with Crippen molar-refractivity contribution in [1.82, 2.24) is 0 Å². The summed E-state index contributed by atoms with van der Waals surface area (Å²) in [5.74, 6) is 0.689. The van der Waals surface area contributed by atoms with E-state index in [1.54, 1.807) is 6.07 Å². The highest BCUT2D eigenvalue weighted by molar-refractivity contribution is 5.64. The summed E-state index contributed by atoms with van der Waals surface area (Å²) < 4.78 is 6.35. The Morgan fingerprint density at radius 1 is 0.929 bits per heavy atom. The first-order valence-electron chi connectivity index (χ1n) is 9.75. The predicted molar refractivity (Wildman–Crippen MR) is 112 cm³/mol. The topological polar surface area (TPSA) is 49.7 Å². The molecule has 0 fully saturated rings. The Morgan fingerprint density at radius 2 is 1.64 bits per heavy atom. The van der Waals surface area contributed by atoms with Gasteiger partial charge in [0.25, 0.3) is 0 Å². The molecule has 3 rings (SSSR count). The molecular formula is C25H27O3. The molecular weight excluding hydrogens is 348 g/mol. The van der Waals surface area contributed by atoms with E-state index in [2.05, 4.69) is 18.2 Å². The summed E-state index contributed by atoms with van der Waals surface area (Å²) in [6.45, 7) is 3.85. The van der Waals surface area contributed by atoms with E-state index in [1.165, 1.54) is 0 Å².